The van der Waals surface area contributed by atoms with E-state index in [0.717, 1.165) is 43.5 Å². The Morgan fingerprint density at radius 3 is 2.65 bits per heavy atom. The number of hydrogen-bond acceptors (Lipinski definition) is 5. The molecule has 0 unspecified atom stereocenters. The van der Waals surface area contributed by atoms with Crippen LogP contribution in [0.3, 0.4) is 0 Å². The molecule has 0 aliphatic rings. The van der Waals surface area contributed by atoms with Gasteiger partial charge < -0.3 is 10.4 Å². The minimum absolute atomic E-state index is 0.208. The average Bonchev–Trinajstić information content (AvgIpc) is 2.26. The molecule has 0 fully saturated rings. The molecule has 17 heavy (non-hydrogen) atoms. The molecule has 0 saturated heterocycles. The predicted octanol–water partition coefficient (Wildman–Crippen LogP) is 0.820. The maximum atomic E-state index is 8.87. The summed E-state index contributed by atoms with van der Waals surface area (Å²) in [5.41, 5.74) is 0.975. The fourth-order valence-corrected chi connectivity index (χ4v) is 1.72. The highest BCUT2D eigenvalue weighted by Gasteiger charge is 2.02. The summed E-state index contributed by atoms with van der Waals surface area (Å²) in [5, 5.41) is 12.1. The molecule has 0 spiro atoms. The summed E-state index contributed by atoms with van der Waals surface area (Å²) in [5.74, 6) is 1.66. The van der Waals surface area contributed by atoms with Crippen molar-refractivity contribution in [3.8, 4) is 0 Å². The van der Waals surface area contributed by atoms with Crippen LogP contribution in [0, 0.1) is 13.8 Å². The number of anilines is 1. The lowest BCUT2D eigenvalue weighted by Gasteiger charge is -2.19. The van der Waals surface area contributed by atoms with Crippen molar-refractivity contribution in [2.75, 3.05) is 38.1 Å². The molecule has 0 saturated carbocycles. The molecule has 0 bridgehead atoms. The zero-order chi connectivity index (χ0) is 12.7. The lowest BCUT2D eigenvalue weighted by molar-refractivity contribution is 0.206. The molecular formula is C12H22N4O. The first-order chi connectivity index (χ1) is 8.15. The zero-order valence-electron chi connectivity index (χ0n) is 10.9. The second kappa shape index (κ2) is 7.19. The smallest absolute Gasteiger partial charge is 0.129 e. The van der Waals surface area contributed by atoms with Crippen LogP contribution in [0.2, 0.25) is 0 Å². The van der Waals surface area contributed by atoms with Gasteiger partial charge in [-0.15, -0.1) is 0 Å². The summed E-state index contributed by atoms with van der Waals surface area (Å²) in [6, 6.07) is 1.94. The minimum atomic E-state index is 0.208. The Labute approximate surface area is 103 Å². The molecule has 1 rings (SSSR count). The molecule has 96 valence electrons. The standard InChI is InChI=1S/C12H22N4O/c1-4-16(7-8-17)6-5-13-12-9-10(2)14-11(3)15-12/h9,17H,4-8H2,1-3H3,(H,13,14,15). The topological polar surface area (TPSA) is 61.3 Å². The molecule has 0 amide bonds. The maximum Gasteiger partial charge on any atom is 0.129 e. The van der Waals surface area contributed by atoms with Gasteiger partial charge in [-0.3, -0.25) is 4.90 Å². The molecule has 1 aromatic heterocycles. The fraction of sp³-hybridized carbons (Fsp3) is 0.667. The van der Waals surface area contributed by atoms with Gasteiger partial charge >= 0.3 is 0 Å². The van der Waals surface area contributed by atoms with Crippen LogP contribution in [-0.2, 0) is 0 Å². The molecule has 2 N–H and O–H groups in total. The summed E-state index contributed by atoms with van der Waals surface area (Å²) >= 11 is 0. The third-order valence-corrected chi connectivity index (χ3v) is 2.56. The number of aryl methyl sites for hydroxylation is 2. The van der Waals surface area contributed by atoms with Gasteiger partial charge in [-0.25, -0.2) is 9.97 Å². The first-order valence-corrected chi connectivity index (χ1v) is 6.05. The summed E-state index contributed by atoms with van der Waals surface area (Å²) in [6.07, 6.45) is 0. The molecule has 0 aromatic carbocycles. The number of rotatable bonds is 7. The average molecular weight is 238 g/mol. The van der Waals surface area contributed by atoms with Gasteiger partial charge in [-0.2, -0.15) is 0 Å². The van der Waals surface area contributed by atoms with E-state index in [-0.39, 0.29) is 6.61 Å². The van der Waals surface area contributed by atoms with Crippen LogP contribution in [-0.4, -0.2) is 52.8 Å². The van der Waals surface area contributed by atoms with Crippen molar-refractivity contribution in [2.24, 2.45) is 0 Å². The number of likely N-dealkylation sites (N-methyl/N-ethyl adjacent to an activating group) is 1. The van der Waals surface area contributed by atoms with E-state index in [1.54, 1.807) is 0 Å². The Morgan fingerprint density at radius 2 is 2.06 bits per heavy atom. The molecule has 5 nitrogen and oxygen atoms in total. The normalized spacial score (nSPS) is 10.9. The van der Waals surface area contributed by atoms with Gasteiger partial charge in [0.2, 0.25) is 0 Å². The van der Waals surface area contributed by atoms with Gasteiger partial charge in [0, 0.05) is 31.4 Å². The van der Waals surface area contributed by atoms with Crippen molar-refractivity contribution in [2.45, 2.75) is 20.8 Å². The molecule has 1 heterocycles. The largest absolute Gasteiger partial charge is 0.395 e. The van der Waals surface area contributed by atoms with E-state index in [1.165, 1.54) is 0 Å². The van der Waals surface area contributed by atoms with Gasteiger partial charge in [0.1, 0.15) is 11.6 Å². The van der Waals surface area contributed by atoms with Crippen LogP contribution in [0.25, 0.3) is 0 Å². The van der Waals surface area contributed by atoms with Crippen LogP contribution in [0.1, 0.15) is 18.4 Å². The van der Waals surface area contributed by atoms with E-state index in [4.69, 9.17) is 5.11 Å². The molecule has 0 atom stereocenters. The van der Waals surface area contributed by atoms with Crippen LogP contribution >= 0.6 is 0 Å². The third-order valence-electron chi connectivity index (χ3n) is 2.56. The van der Waals surface area contributed by atoms with Crippen molar-refractivity contribution in [3.63, 3.8) is 0 Å². The number of aliphatic hydroxyl groups excluding tert-OH is 1. The van der Waals surface area contributed by atoms with E-state index in [0.29, 0.717) is 0 Å². The van der Waals surface area contributed by atoms with Crippen LogP contribution in [0.4, 0.5) is 5.82 Å². The summed E-state index contributed by atoms with van der Waals surface area (Å²) in [7, 11) is 0. The first-order valence-electron chi connectivity index (χ1n) is 6.05. The Kier molecular flexibility index (Phi) is 5.86. The Hall–Kier alpha value is -1.20. The number of aliphatic hydroxyl groups is 1. The fourth-order valence-electron chi connectivity index (χ4n) is 1.72. The minimum Gasteiger partial charge on any atom is -0.395 e. The van der Waals surface area contributed by atoms with Crippen molar-refractivity contribution in [1.82, 2.24) is 14.9 Å². The van der Waals surface area contributed by atoms with Crippen molar-refractivity contribution >= 4 is 5.82 Å². The van der Waals surface area contributed by atoms with Gasteiger partial charge in [-0.05, 0) is 20.4 Å². The second-order valence-corrected chi connectivity index (χ2v) is 4.03. The van der Waals surface area contributed by atoms with E-state index in [2.05, 4.69) is 27.1 Å². The number of nitrogens with zero attached hydrogens (tertiary/aromatic N) is 3. The van der Waals surface area contributed by atoms with Crippen molar-refractivity contribution in [1.29, 1.82) is 0 Å². The van der Waals surface area contributed by atoms with E-state index in [9.17, 15) is 0 Å². The SMILES string of the molecule is CCN(CCO)CCNc1cc(C)nc(C)n1. The highest BCUT2D eigenvalue weighted by molar-refractivity contribution is 5.35. The predicted molar refractivity (Wildman–Crippen MR) is 69.2 cm³/mol. The Bertz CT molecular complexity index is 323. The molecule has 1 aromatic rings. The van der Waals surface area contributed by atoms with Gasteiger partial charge in [0.25, 0.3) is 0 Å². The van der Waals surface area contributed by atoms with Crippen LogP contribution in [0.5, 0.6) is 0 Å². The molecule has 0 aliphatic heterocycles. The zero-order valence-corrected chi connectivity index (χ0v) is 10.9. The Balaban J connectivity index is 2.39. The summed E-state index contributed by atoms with van der Waals surface area (Å²) in [6.45, 7) is 9.55. The molecular weight excluding hydrogens is 216 g/mol. The van der Waals surface area contributed by atoms with Gasteiger partial charge in [0.05, 0.1) is 6.61 Å². The third kappa shape index (κ3) is 5.10. The number of hydrogen-bond donors (Lipinski definition) is 2. The first kappa shape index (κ1) is 13.9. The molecule has 0 aliphatic carbocycles. The monoisotopic (exact) mass is 238 g/mol. The number of nitrogens with one attached hydrogen (secondary N) is 1. The quantitative estimate of drug-likeness (QED) is 0.736. The van der Waals surface area contributed by atoms with E-state index >= 15 is 0 Å². The lowest BCUT2D eigenvalue weighted by Crippen LogP contribution is -2.31. The van der Waals surface area contributed by atoms with Crippen LogP contribution in [0.15, 0.2) is 6.07 Å². The van der Waals surface area contributed by atoms with Crippen molar-refractivity contribution < 1.29 is 5.11 Å². The van der Waals surface area contributed by atoms with Crippen LogP contribution < -0.4 is 5.32 Å². The summed E-state index contributed by atoms with van der Waals surface area (Å²) in [4.78, 5) is 10.7. The Morgan fingerprint density at radius 1 is 1.29 bits per heavy atom. The second-order valence-electron chi connectivity index (χ2n) is 4.03. The lowest BCUT2D eigenvalue weighted by atomic mass is 10.4. The van der Waals surface area contributed by atoms with E-state index in [1.807, 2.05) is 19.9 Å². The van der Waals surface area contributed by atoms with Gasteiger partial charge in [-0.1, -0.05) is 6.92 Å². The maximum absolute atomic E-state index is 8.87. The summed E-state index contributed by atoms with van der Waals surface area (Å²) < 4.78 is 0. The van der Waals surface area contributed by atoms with E-state index < -0.39 is 0 Å². The highest BCUT2D eigenvalue weighted by Crippen LogP contribution is 2.04. The van der Waals surface area contributed by atoms with Crippen molar-refractivity contribution in [3.05, 3.63) is 17.6 Å². The number of aromatic nitrogens is 2. The van der Waals surface area contributed by atoms with Gasteiger partial charge in [0.15, 0.2) is 0 Å². The highest BCUT2D eigenvalue weighted by atomic mass is 16.3. The molecule has 0 radical (unpaired) electrons. The molecule has 5 heteroatoms.